The van der Waals surface area contributed by atoms with Crippen molar-refractivity contribution in [3.63, 3.8) is 0 Å². The van der Waals surface area contributed by atoms with Crippen LogP contribution in [0.15, 0.2) is 42.5 Å². The lowest BCUT2D eigenvalue weighted by atomic mass is 10.2. The summed E-state index contributed by atoms with van der Waals surface area (Å²) in [6.45, 7) is 4.76. The number of ether oxygens (including phenoxy) is 1. The summed E-state index contributed by atoms with van der Waals surface area (Å²) >= 11 is 11.8. The number of aryl methyl sites for hydroxylation is 1. The first-order valence-corrected chi connectivity index (χ1v) is 7.22. The van der Waals surface area contributed by atoms with E-state index >= 15 is 0 Å². The molecule has 0 saturated heterocycles. The molecular weight excluding hydrogens is 293 g/mol. The van der Waals surface area contributed by atoms with E-state index in [1.165, 1.54) is 5.56 Å². The van der Waals surface area contributed by atoms with Crippen molar-refractivity contribution in [2.45, 2.75) is 20.0 Å². The van der Waals surface area contributed by atoms with Crippen LogP contribution >= 0.6 is 23.2 Å². The van der Waals surface area contributed by atoms with Gasteiger partial charge in [-0.1, -0.05) is 40.9 Å². The van der Waals surface area contributed by atoms with Gasteiger partial charge in [0.25, 0.3) is 0 Å². The minimum Gasteiger partial charge on any atom is -0.489 e. The van der Waals surface area contributed by atoms with Crippen LogP contribution in [0.25, 0.3) is 0 Å². The molecule has 0 aliphatic rings. The Morgan fingerprint density at radius 2 is 1.75 bits per heavy atom. The predicted octanol–water partition coefficient (Wildman–Crippen LogP) is 5.18. The average Bonchev–Trinajstić information content (AvgIpc) is 2.43. The van der Waals surface area contributed by atoms with Gasteiger partial charge in [-0.15, -0.1) is 0 Å². The summed E-state index contributed by atoms with van der Waals surface area (Å²) in [7, 11) is 0. The van der Waals surface area contributed by atoms with Gasteiger partial charge in [0, 0.05) is 5.69 Å². The lowest BCUT2D eigenvalue weighted by Gasteiger charge is -2.16. The Balaban J connectivity index is 1.86. The molecule has 1 unspecified atom stereocenters. The topological polar surface area (TPSA) is 21.3 Å². The SMILES string of the molecule is Cc1ccc(OC(C)CNc2ccc(Cl)c(Cl)c2)cc1. The lowest BCUT2D eigenvalue weighted by Crippen LogP contribution is -2.22. The fourth-order valence-corrected chi connectivity index (χ4v) is 2.06. The van der Waals surface area contributed by atoms with Crippen LogP contribution in [0.3, 0.4) is 0 Å². The number of rotatable bonds is 5. The van der Waals surface area contributed by atoms with Crippen LogP contribution < -0.4 is 10.1 Å². The monoisotopic (exact) mass is 309 g/mol. The predicted molar refractivity (Wildman–Crippen MR) is 86.2 cm³/mol. The van der Waals surface area contributed by atoms with E-state index in [4.69, 9.17) is 27.9 Å². The van der Waals surface area contributed by atoms with Gasteiger partial charge in [-0.05, 0) is 44.2 Å². The Morgan fingerprint density at radius 3 is 2.40 bits per heavy atom. The summed E-state index contributed by atoms with van der Waals surface area (Å²) in [5, 5.41) is 4.38. The van der Waals surface area contributed by atoms with Gasteiger partial charge < -0.3 is 10.1 Å². The first kappa shape index (κ1) is 15.0. The quantitative estimate of drug-likeness (QED) is 0.821. The number of hydrogen-bond donors (Lipinski definition) is 1. The zero-order chi connectivity index (χ0) is 14.5. The fourth-order valence-electron chi connectivity index (χ4n) is 1.76. The van der Waals surface area contributed by atoms with Crippen LogP contribution in [0, 0.1) is 6.92 Å². The van der Waals surface area contributed by atoms with Gasteiger partial charge in [-0.3, -0.25) is 0 Å². The molecule has 2 aromatic carbocycles. The molecule has 0 bridgehead atoms. The van der Waals surface area contributed by atoms with E-state index in [0.717, 1.165) is 11.4 Å². The molecule has 0 saturated carbocycles. The molecule has 0 fully saturated rings. The molecule has 0 aromatic heterocycles. The Kier molecular flexibility index (Phi) is 5.16. The van der Waals surface area contributed by atoms with Crippen molar-refractivity contribution in [1.29, 1.82) is 0 Å². The van der Waals surface area contributed by atoms with Crippen molar-refractivity contribution < 1.29 is 4.74 Å². The van der Waals surface area contributed by atoms with Gasteiger partial charge in [-0.2, -0.15) is 0 Å². The van der Waals surface area contributed by atoms with E-state index < -0.39 is 0 Å². The molecule has 106 valence electrons. The highest BCUT2D eigenvalue weighted by Gasteiger charge is 2.05. The first-order valence-electron chi connectivity index (χ1n) is 6.47. The molecule has 2 rings (SSSR count). The third kappa shape index (κ3) is 4.32. The summed E-state index contributed by atoms with van der Waals surface area (Å²) < 4.78 is 5.82. The van der Waals surface area contributed by atoms with Gasteiger partial charge in [-0.25, -0.2) is 0 Å². The second-order valence-corrected chi connectivity index (χ2v) is 5.57. The molecule has 0 amide bonds. The zero-order valence-electron chi connectivity index (χ0n) is 11.5. The van der Waals surface area contributed by atoms with Gasteiger partial charge in [0.1, 0.15) is 11.9 Å². The van der Waals surface area contributed by atoms with Gasteiger partial charge >= 0.3 is 0 Å². The standard InChI is InChI=1S/C16H17Cl2NO/c1-11-3-6-14(7-4-11)20-12(2)10-19-13-5-8-15(17)16(18)9-13/h3-9,12,19H,10H2,1-2H3. The Bertz CT molecular complexity index is 569. The van der Waals surface area contributed by atoms with Crippen LogP contribution in [-0.4, -0.2) is 12.6 Å². The van der Waals surface area contributed by atoms with Crippen molar-refractivity contribution in [1.82, 2.24) is 0 Å². The van der Waals surface area contributed by atoms with E-state index in [1.807, 2.05) is 43.3 Å². The maximum absolute atomic E-state index is 5.97. The van der Waals surface area contributed by atoms with Gasteiger partial charge in [0.05, 0.1) is 16.6 Å². The van der Waals surface area contributed by atoms with Crippen LogP contribution in [0.2, 0.25) is 10.0 Å². The normalized spacial score (nSPS) is 12.0. The van der Waals surface area contributed by atoms with Gasteiger partial charge in [0.2, 0.25) is 0 Å². The van der Waals surface area contributed by atoms with Crippen LogP contribution in [0.4, 0.5) is 5.69 Å². The molecule has 20 heavy (non-hydrogen) atoms. The number of benzene rings is 2. The minimum absolute atomic E-state index is 0.0483. The first-order chi connectivity index (χ1) is 9.54. The van der Waals surface area contributed by atoms with E-state index in [1.54, 1.807) is 6.07 Å². The summed E-state index contributed by atoms with van der Waals surface area (Å²) in [5.41, 5.74) is 2.15. The molecule has 4 heteroatoms. The fraction of sp³-hybridized carbons (Fsp3) is 0.250. The number of hydrogen-bond acceptors (Lipinski definition) is 2. The Hall–Kier alpha value is -1.38. The molecule has 0 radical (unpaired) electrons. The maximum atomic E-state index is 5.97. The largest absolute Gasteiger partial charge is 0.489 e. The number of anilines is 1. The molecule has 0 heterocycles. The van der Waals surface area contributed by atoms with Crippen molar-refractivity contribution in [2.24, 2.45) is 0 Å². The van der Waals surface area contributed by atoms with Crippen molar-refractivity contribution in [3.05, 3.63) is 58.1 Å². The average molecular weight is 310 g/mol. The highest BCUT2D eigenvalue weighted by Crippen LogP contribution is 2.25. The van der Waals surface area contributed by atoms with E-state index in [0.29, 0.717) is 16.6 Å². The molecule has 1 atom stereocenters. The van der Waals surface area contributed by atoms with E-state index in [2.05, 4.69) is 12.2 Å². The van der Waals surface area contributed by atoms with Gasteiger partial charge in [0.15, 0.2) is 0 Å². The molecule has 2 nitrogen and oxygen atoms in total. The Labute approximate surface area is 129 Å². The molecule has 0 aliphatic heterocycles. The Morgan fingerprint density at radius 1 is 1.05 bits per heavy atom. The van der Waals surface area contributed by atoms with Crippen LogP contribution in [0.5, 0.6) is 5.75 Å². The minimum atomic E-state index is 0.0483. The molecular formula is C16H17Cl2NO. The molecule has 0 spiro atoms. The van der Waals surface area contributed by atoms with E-state index in [-0.39, 0.29) is 6.10 Å². The zero-order valence-corrected chi connectivity index (χ0v) is 13.0. The highest BCUT2D eigenvalue weighted by molar-refractivity contribution is 6.42. The summed E-state index contributed by atoms with van der Waals surface area (Å²) in [4.78, 5) is 0. The summed E-state index contributed by atoms with van der Waals surface area (Å²) in [6, 6.07) is 13.5. The lowest BCUT2D eigenvalue weighted by molar-refractivity contribution is 0.234. The summed E-state index contributed by atoms with van der Waals surface area (Å²) in [6.07, 6.45) is 0.0483. The third-order valence-electron chi connectivity index (χ3n) is 2.87. The van der Waals surface area contributed by atoms with Crippen molar-refractivity contribution in [2.75, 3.05) is 11.9 Å². The van der Waals surface area contributed by atoms with Crippen molar-refractivity contribution in [3.8, 4) is 5.75 Å². The van der Waals surface area contributed by atoms with E-state index in [9.17, 15) is 0 Å². The van der Waals surface area contributed by atoms with Crippen LogP contribution in [0.1, 0.15) is 12.5 Å². The maximum Gasteiger partial charge on any atom is 0.119 e. The second-order valence-electron chi connectivity index (χ2n) is 4.75. The summed E-state index contributed by atoms with van der Waals surface area (Å²) in [5.74, 6) is 0.874. The number of nitrogens with one attached hydrogen (secondary N) is 1. The molecule has 1 N–H and O–H groups in total. The van der Waals surface area contributed by atoms with Crippen molar-refractivity contribution >= 4 is 28.9 Å². The third-order valence-corrected chi connectivity index (χ3v) is 3.61. The smallest absolute Gasteiger partial charge is 0.119 e. The number of halogens is 2. The molecule has 2 aromatic rings. The van der Waals surface area contributed by atoms with Crippen LogP contribution in [-0.2, 0) is 0 Å². The second kappa shape index (κ2) is 6.87. The molecule has 0 aliphatic carbocycles. The highest BCUT2D eigenvalue weighted by atomic mass is 35.5.